The van der Waals surface area contributed by atoms with Crippen molar-refractivity contribution < 1.29 is 4.74 Å². The molecule has 1 aliphatic rings. The van der Waals surface area contributed by atoms with Crippen molar-refractivity contribution in [3.05, 3.63) is 60.0 Å². The summed E-state index contributed by atoms with van der Waals surface area (Å²) in [5.74, 6) is 1.00. The van der Waals surface area contributed by atoms with E-state index in [1.165, 1.54) is 0 Å². The highest BCUT2D eigenvalue weighted by molar-refractivity contribution is 5.95. The van der Waals surface area contributed by atoms with Crippen LogP contribution in [0.4, 0.5) is 11.4 Å². The number of benzene rings is 2. The molecule has 0 aliphatic carbocycles. The molecule has 5 rings (SSSR count). The molecule has 0 bridgehead atoms. The van der Waals surface area contributed by atoms with Gasteiger partial charge in [0.25, 0.3) is 0 Å². The number of pyridine rings is 1. The van der Waals surface area contributed by atoms with Crippen molar-refractivity contribution in [3.63, 3.8) is 0 Å². The van der Waals surface area contributed by atoms with Gasteiger partial charge in [-0.25, -0.2) is 4.98 Å². The maximum absolute atomic E-state index is 9.44. The Hall–Kier alpha value is -3.63. The molecule has 0 amide bonds. The van der Waals surface area contributed by atoms with E-state index in [2.05, 4.69) is 55.9 Å². The van der Waals surface area contributed by atoms with Gasteiger partial charge >= 0.3 is 0 Å². The van der Waals surface area contributed by atoms with E-state index in [-0.39, 0.29) is 12.2 Å². The van der Waals surface area contributed by atoms with E-state index < -0.39 is 0 Å². The molecule has 1 saturated heterocycles. The Morgan fingerprint density at radius 1 is 1.22 bits per heavy atom. The molecule has 32 heavy (non-hydrogen) atoms. The normalized spacial score (nSPS) is 18.8. The van der Waals surface area contributed by atoms with Crippen molar-refractivity contribution in [1.29, 1.82) is 5.26 Å². The molecule has 3 heterocycles. The molecule has 1 fully saturated rings. The minimum Gasteiger partial charge on any atom is -0.382 e. The number of aryl methyl sites for hydroxylation is 2. The Morgan fingerprint density at radius 3 is 2.94 bits per heavy atom. The Bertz CT molecular complexity index is 1340. The highest BCUT2D eigenvalue weighted by Crippen LogP contribution is 2.30. The number of nitrogens with zero attached hydrogens (tertiary/aromatic N) is 5. The van der Waals surface area contributed by atoms with E-state index in [1.54, 1.807) is 6.20 Å². The summed E-state index contributed by atoms with van der Waals surface area (Å²) in [7, 11) is 2.03. The number of aromatic nitrogens is 3. The number of hydrogen-bond donors (Lipinski definition) is 1. The van der Waals surface area contributed by atoms with E-state index in [9.17, 15) is 5.26 Å². The van der Waals surface area contributed by atoms with Crippen LogP contribution in [-0.4, -0.2) is 46.4 Å². The van der Waals surface area contributed by atoms with Crippen LogP contribution in [0, 0.1) is 18.3 Å². The summed E-state index contributed by atoms with van der Waals surface area (Å²) >= 11 is 0. The van der Waals surface area contributed by atoms with E-state index in [0.29, 0.717) is 12.1 Å². The van der Waals surface area contributed by atoms with Crippen molar-refractivity contribution in [2.24, 2.45) is 7.05 Å². The van der Waals surface area contributed by atoms with Gasteiger partial charge in [-0.05, 0) is 56.3 Å². The van der Waals surface area contributed by atoms with Crippen LogP contribution in [0.2, 0.25) is 0 Å². The van der Waals surface area contributed by atoms with Gasteiger partial charge in [-0.3, -0.25) is 4.98 Å². The van der Waals surface area contributed by atoms with Crippen molar-refractivity contribution in [1.82, 2.24) is 14.5 Å². The molecular weight excluding hydrogens is 400 g/mol. The van der Waals surface area contributed by atoms with Crippen LogP contribution in [0.5, 0.6) is 0 Å². The standard InChI is InChI=1S/C25H26N6O/c1-16-14-31(23-8-6-18(12-26)25-21(23)5-4-10-27-25)15-20(32-16)13-28-19-7-9-24-22(11-19)29-17(2)30(24)3/h4-11,16,20,28H,13-15H2,1-3H3/t16-,20+/m1/s1. The fourth-order valence-corrected chi connectivity index (χ4v) is 4.54. The van der Waals surface area contributed by atoms with Crippen molar-refractivity contribution in [2.45, 2.75) is 26.1 Å². The van der Waals surface area contributed by atoms with Gasteiger partial charge < -0.3 is 19.5 Å². The molecule has 0 spiro atoms. The van der Waals surface area contributed by atoms with Gasteiger partial charge in [-0.1, -0.05) is 0 Å². The number of fused-ring (bicyclic) bond motifs is 2. The fraction of sp³-hybridized carbons (Fsp3) is 0.320. The topological polar surface area (TPSA) is 79.0 Å². The van der Waals surface area contributed by atoms with Gasteiger partial charge in [0, 0.05) is 49.6 Å². The minimum absolute atomic E-state index is 0.0299. The van der Waals surface area contributed by atoms with E-state index in [0.717, 1.165) is 52.2 Å². The third kappa shape index (κ3) is 3.63. The first-order valence-corrected chi connectivity index (χ1v) is 10.9. The lowest BCUT2D eigenvalue weighted by molar-refractivity contribution is -0.00819. The average Bonchev–Trinajstić information content (AvgIpc) is 3.09. The van der Waals surface area contributed by atoms with Crippen molar-refractivity contribution >= 4 is 33.3 Å². The molecule has 2 aromatic carbocycles. The smallest absolute Gasteiger partial charge is 0.106 e. The van der Waals surface area contributed by atoms with Crippen molar-refractivity contribution in [2.75, 3.05) is 29.9 Å². The Morgan fingerprint density at radius 2 is 2.09 bits per heavy atom. The monoisotopic (exact) mass is 426 g/mol. The van der Waals surface area contributed by atoms with E-state index >= 15 is 0 Å². The number of morpholine rings is 1. The molecule has 0 unspecified atom stereocenters. The molecule has 4 aromatic rings. The number of anilines is 2. The van der Waals surface area contributed by atoms with Gasteiger partial charge in [0.15, 0.2) is 0 Å². The molecule has 7 nitrogen and oxygen atoms in total. The molecule has 7 heteroatoms. The van der Waals surface area contributed by atoms with E-state index in [4.69, 9.17) is 4.74 Å². The van der Waals surface area contributed by atoms with Crippen molar-refractivity contribution in [3.8, 4) is 6.07 Å². The number of nitriles is 1. The summed E-state index contributed by atoms with van der Waals surface area (Å²) in [5, 5.41) is 14.0. The Balaban J connectivity index is 1.35. The summed E-state index contributed by atoms with van der Waals surface area (Å²) < 4.78 is 8.33. The zero-order valence-electron chi connectivity index (χ0n) is 18.5. The lowest BCUT2D eigenvalue weighted by Gasteiger charge is -2.39. The highest BCUT2D eigenvalue weighted by Gasteiger charge is 2.26. The number of imidazole rings is 1. The third-order valence-corrected chi connectivity index (χ3v) is 6.17. The second kappa shape index (κ2) is 8.13. The molecule has 2 aromatic heterocycles. The van der Waals surface area contributed by atoms with Gasteiger partial charge in [0.05, 0.1) is 34.3 Å². The predicted octanol–water partition coefficient (Wildman–Crippen LogP) is 4.01. The zero-order chi connectivity index (χ0) is 22.2. The Labute approximate surface area is 187 Å². The minimum atomic E-state index is 0.0299. The molecule has 162 valence electrons. The van der Waals surface area contributed by atoms with Crippen LogP contribution in [0.3, 0.4) is 0 Å². The van der Waals surface area contributed by atoms with E-state index in [1.807, 2.05) is 38.2 Å². The van der Waals surface area contributed by atoms with Crippen LogP contribution < -0.4 is 10.2 Å². The zero-order valence-corrected chi connectivity index (χ0v) is 18.5. The third-order valence-electron chi connectivity index (χ3n) is 6.17. The molecule has 1 aliphatic heterocycles. The summed E-state index contributed by atoms with van der Waals surface area (Å²) in [6.07, 6.45) is 1.86. The van der Waals surface area contributed by atoms with Gasteiger partial charge in [0.2, 0.25) is 0 Å². The highest BCUT2D eigenvalue weighted by atomic mass is 16.5. The lowest BCUT2D eigenvalue weighted by Crippen LogP contribution is -2.49. The quantitative estimate of drug-likeness (QED) is 0.531. The Kier molecular flexibility index (Phi) is 5.16. The first kappa shape index (κ1) is 20.3. The fourth-order valence-electron chi connectivity index (χ4n) is 4.54. The number of rotatable bonds is 4. The second-order valence-electron chi connectivity index (χ2n) is 8.42. The second-order valence-corrected chi connectivity index (χ2v) is 8.42. The van der Waals surface area contributed by atoms with Crippen LogP contribution >= 0.6 is 0 Å². The largest absolute Gasteiger partial charge is 0.382 e. The maximum Gasteiger partial charge on any atom is 0.106 e. The maximum atomic E-state index is 9.44. The summed E-state index contributed by atoms with van der Waals surface area (Å²) in [6.45, 7) is 6.38. The van der Waals surface area contributed by atoms with Gasteiger partial charge in [-0.2, -0.15) is 5.26 Å². The first-order valence-electron chi connectivity index (χ1n) is 10.9. The summed E-state index contributed by atoms with van der Waals surface area (Å²) in [6, 6.07) is 16.4. The molecule has 1 N–H and O–H groups in total. The number of ether oxygens (including phenoxy) is 1. The first-order chi connectivity index (χ1) is 15.5. The number of nitrogens with one attached hydrogen (secondary N) is 1. The van der Waals surface area contributed by atoms with Crippen LogP contribution in [0.1, 0.15) is 18.3 Å². The van der Waals surface area contributed by atoms with Gasteiger partial charge in [0.1, 0.15) is 11.9 Å². The molecule has 0 radical (unpaired) electrons. The van der Waals surface area contributed by atoms with Crippen LogP contribution in [-0.2, 0) is 11.8 Å². The predicted molar refractivity (Wildman–Crippen MR) is 127 cm³/mol. The number of hydrogen-bond acceptors (Lipinski definition) is 6. The molecule has 0 saturated carbocycles. The van der Waals surface area contributed by atoms with Crippen LogP contribution in [0.25, 0.3) is 21.9 Å². The average molecular weight is 427 g/mol. The summed E-state index contributed by atoms with van der Waals surface area (Å²) in [4.78, 5) is 11.4. The molecular formula is C25H26N6O. The lowest BCUT2D eigenvalue weighted by atomic mass is 10.1. The summed E-state index contributed by atoms with van der Waals surface area (Å²) in [5.41, 5.74) is 5.60. The van der Waals surface area contributed by atoms with Crippen LogP contribution in [0.15, 0.2) is 48.7 Å². The molecule has 2 atom stereocenters. The SMILES string of the molecule is Cc1nc2cc(NC[C@H]3CN(c4ccc(C#N)c5ncccc45)C[C@@H](C)O3)ccc2n1C. The van der Waals surface area contributed by atoms with Gasteiger partial charge in [-0.15, -0.1) is 0 Å².